The monoisotopic (exact) mass is 285 g/mol. The van der Waals surface area contributed by atoms with Crippen LogP contribution in [0.15, 0.2) is 84.3 Å². The molecule has 1 nitrogen and oxygen atoms in total. The van der Waals surface area contributed by atoms with E-state index in [0.717, 1.165) is 11.3 Å². The molecule has 2 aromatic rings. The van der Waals surface area contributed by atoms with Crippen molar-refractivity contribution in [1.29, 1.82) is 0 Å². The maximum absolute atomic E-state index is 12.8. The molecule has 0 aliphatic heterocycles. The predicted octanol–water partition coefficient (Wildman–Crippen LogP) is 5.53. The summed E-state index contributed by atoms with van der Waals surface area (Å²) in [6.07, 6.45) is 3.35. The Morgan fingerprint density at radius 3 is 2.20 bits per heavy atom. The minimum atomic E-state index is -0.102. The summed E-state index contributed by atoms with van der Waals surface area (Å²) in [6, 6.07) is 19.7. The van der Waals surface area contributed by atoms with Gasteiger partial charge in [0, 0.05) is 10.6 Å². The van der Waals surface area contributed by atoms with Gasteiger partial charge in [0.15, 0.2) is 0 Å². The number of halogens is 1. The van der Waals surface area contributed by atoms with Crippen LogP contribution in [0.2, 0.25) is 0 Å². The van der Waals surface area contributed by atoms with Gasteiger partial charge in [-0.2, -0.15) is 3.89 Å². The van der Waals surface area contributed by atoms with E-state index >= 15 is 0 Å². The Hall–Kier alpha value is -2.00. The van der Waals surface area contributed by atoms with Crippen LogP contribution in [0.5, 0.6) is 0 Å². The molecule has 0 spiro atoms. The van der Waals surface area contributed by atoms with Crippen LogP contribution < -0.4 is 5.32 Å². The first-order chi connectivity index (χ1) is 9.83. The van der Waals surface area contributed by atoms with Crippen LogP contribution in [0, 0.1) is 0 Å². The average Bonchev–Trinajstić information content (AvgIpc) is 2.53. The SMILES string of the molecule is C=C/C(=C\C(Nc1ccccc1)c1ccccc1)SF. The molecule has 0 saturated heterocycles. The van der Waals surface area contributed by atoms with E-state index in [9.17, 15) is 3.89 Å². The topological polar surface area (TPSA) is 12.0 Å². The molecule has 0 amide bonds. The van der Waals surface area contributed by atoms with Gasteiger partial charge in [-0.3, -0.25) is 0 Å². The zero-order chi connectivity index (χ0) is 14.2. The molecule has 0 aliphatic rings. The van der Waals surface area contributed by atoms with Gasteiger partial charge in [0.25, 0.3) is 0 Å². The fraction of sp³-hybridized carbons (Fsp3) is 0.0588. The molecule has 2 rings (SSSR count). The molecule has 2 aromatic carbocycles. The second-order valence-electron chi connectivity index (χ2n) is 4.25. The number of hydrogen-bond acceptors (Lipinski definition) is 2. The number of anilines is 1. The molecule has 102 valence electrons. The molecular formula is C17H16FNS. The van der Waals surface area contributed by atoms with Crippen LogP contribution in [-0.2, 0) is 0 Å². The van der Waals surface area contributed by atoms with Crippen LogP contribution in [0.25, 0.3) is 0 Å². The molecule has 1 unspecified atom stereocenters. The lowest BCUT2D eigenvalue weighted by Crippen LogP contribution is -2.08. The second-order valence-corrected chi connectivity index (χ2v) is 4.87. The summed E-state index contributed by atoms with van der Waals surface area (Å²) < 4.78 is 12.8. The Balaban J connectivity index is 2.29. The second kappa shape index (κ2) is 7.56. The number of nitrogens with one attached hydrogen (secondary N) is 1. The fourth-order valence-electron chi connectivity index (χ4n) is 1.89. The lowest BCUT2D eigenvalue weighted by molar-refractivity contribution is 0.939. The third kappa shape index (κ3) is 4.00. The van der Waals surface area contributed by atoms with Gasteiger partial charge >= 0.3 is 0 Å². The van der Waals surface area contributed by atoms with Crippen LogP contribution >= 0.6 is 12.1 Å². The standard InChI is InChI=1S/C17H16FNS/c1-2-16(20-18)13-17(14-9-5-3-6-10-14)19-15-11-7-4-8-12-15/h2-13,17,19H,1H2/b16-13+. The largest absolute Gasteiger partial charge is 0.375 e. The van der Waals surface area contributed by atoms with E-state index in [4.69, 9.17) is 0 Å². The number of hydrogen-bond donors (Lipinski definition) is 1. The Morgan fingerprint density at radius 1 is 1.05 bits per heavy atom. The van der Waals surface area contributed by atoms with Crippen LogP contribution in [0.3, 0.4) is 0 Å². The Bertz CT molecular complexity index is 566. The molecule has 0 bridgehead atoms. The van der Waals surface area contributed by atoms with Gasteiger partial charge in [0.1, 0.15) is 0 Å². The summed E-state index contributed by atoms with van der Waals surface area (Å²) in [6.45, 7) is 3.63. The summed E-state index contributed by atoms with van der Waals surface area (Å²) in [5, 5.41) is 3.39. The molecular weight excluding hydrogens is 269 g/mol. The average molecular weight is 285 g/mol. The molecule has 20 heavy (non-hydrogen) atoms. The zero-order valence-corrected chi connectivity index (χ0v) is 11.8. The fourth-order valence-corrected chi connectivity index (χ4v) is 2.14. The Labute approximate surface area is 123 Å². The van der Waals surface area contributed by atoms with Crippen LogP contribution in [0.4, 0.5) is 9.57 Å². The maximum atomic E-state index is 12.8. The molecule has 0 saturated carbocycles. The van der Waals surface area contributed by atoms with Gasteiger partial charge in [-0.25, -0.2) is 0 Å². The zero-order valence-electron chi connectivity index (χ0n) is 11.0. The lowest BCUT2D eigenvalue weighted by atomic mass is 10.1. The van der Waals surface area contributed by atoms with Crippen LogP contribution in [-0.4, -0.2) is 0 Å². The van der Waals surface area contributed by atoms with Crippen molar-refractivity contribution in [1.82, 2.24) is 0 Å². The maximum Gasteiger partial charge on any atom is 0.0809 e. The van der Waals surface area contributed by atoms with Gasteiger partial charge in [-0.15, -0.1) is 0 Å². The minimum absolute atomic E-state index is 0.102. The van der Waals surface area contributed by atoms with E-state index in [1.165, 1.54) is 6.08 Å². The van der Waals surface area contributed by atoms with E-state index in [1.807, 2.05) is 66.7 Å². The number of allylic oxidation sites excluding steroid dienone is 1. The van der Waals surface area contributed by atoms with Crippen molar-refractivity contribution in [3.63, 3.8) is 0 Å². The van der Waals surface area contributed by atoms with Gasteiger partial charge in [0.2, 0.25) is 0 Å². The van der Waals surface area contributed by atoms with Crippen molar-refractivity contribution < 1.29 is 3.89 Å². The van der Waals surface area contributed by atoms with Crippen molar-refractivity contribution in [3.05, 3.63) is 89.9 Å². The number of benzene rings is 2. The number of rotatable bonds is 6. The normalized spacial score (nSPS) is 12.8. The van der Waals surface area contributed by atoms with Crippen molar-refractivity contribution in [2.24, 2.45) is 0 Å². The summed E-state index contributed by atoms with van der Waals surface area (Å²) >= 11 is 0.207. The molecule has 3 heteroatoms. The van der Waals surface area contributed by atoms with E-state index in [0.29, 0.717) is 4.91 Å². The highest BCUT2D eigenvalue weighted by Crippen LogP contribution is 2.26. The van der Waals surface area contributed by atoms with Gasteiger partial charge < -0.3 is 5.32 Å². The predicted molar refractivity (Wildman–Crippen MR) is 86.2 cm³/mol. The highest BCUT2D eigenvalue weighted by atomic mass is 32.2. The molecule has 0 heterocycles. The molecule has 0 aromatic heterocycles. The van der Waals surface area contributed by atoms with E-state index < -0.39 is 0 Å². The first-order valence-corrected chi connectivity index (χ1v) is 7.04. The van der Waals surface area contributed by atoms with Crippen molar-refractivity contribution in [2.75, 3.05) is 5.32 Å². The van der Waals surface area contributed by atoms with Crippen LogP contribution in [0.1, 0.15) is 11.6 Å². The van der Waals surface area contributed by atoms with E-state index in [1.54, 1.807) is 0 Å². The van der Waals surface area contributed by atoms with Gasteiger partial charge in [-0.05, 0) is 23.8 Å². The quantitative estimate of drug-likeness (QED) is 0.701. The number of para-hydroxylation sites is 1. The Kier molecular flexibility index (Phi) is 5.44. The smallest absolute Gasteiger partial charge is 0.0809 e. The van der Waals surface area contributed by atoms with Crippen molar-refractivity contribution in [2.45, 2.75) is 6.04 Å². The summed E-state index contributed by atoms with van der Waals surface area (Å²) in [7, 11) is 0. The summed E-state index contributed by atoms with van der Waals surface area (Å²) in [4.78, 5) is 0.502. The molecule has 1 N–H and O–H groups in total. The molecule has 0 aliphatic carbocycles. The van der Waals surface area contributed by atoms with Gasteiger partial charge in [0.05, 0.1) is 18.2 Å². The lowest BCUT2D eigenvalue weighted by Gasteiger charge is -2.17. The highest BCUT2D eigenvalue weighted by molar-refractivity contribution is 7.98. The summed E-state index contributed by atoms with van der Waals surface area (Å²) in [5.41, 5.74) is 2.06. The third-order valence-corrected chi connectivity index (χ3v) is 3.36. The van der Waals surface area contributed by atoms with E-state index in [-0.39, 0.29) is 18.2 Å². The van der Waals surface area contributed by atoms with Crippen molar-refractivity contribution in [3.8, 4) is 0 Å². The summed E-state index contributed by atoms with van der Waals surface area (Å²) in [5.74, 6) is 0. The molecule has 0 fully saturated rings. The first kappa shape index (κ1) is 14.4. The van der Waals surface area contributed by atoms with Gasteiger partial charge in [-0.1, -0.05) is 61.2 Å². The highest BCUT2D eigenvalue weighted by Gasteiger charge is 2.09. The third-order valence-electron chi connectivity index (χ3n) is 2.88. The van der Waals surface area contributed by atoms with Crippen molar-refractivity contribution >= 4 is 17.8 Å². The molecule has 1 atom stereocenters. The van der Waals surface area contributed by atoms with E-state index in [2.05, 4.69) is 11.9 Å². The minimum Gasteiger partial charge on any atom is -0.375 e. The molecule has 0 radical (unpaired) electrons. The Morgan fingerprint density at radius 2 is 1.65 bits per heavy atom. The first-order valence-electron chi connectivity index (χ1n) is 6.33.